The van der Waals surface area contributed by atoms with Crippen molar-refractivity contribution in [3.63, 3.8) is 0 Å². The summed E-state index contributed by atoms with van der Waals surface area (Å²) in [6.07, 6.45) is 0. The molecule has 138 valence electrons. The van der Waals surface area contributed by atoms with E-state index in [1.54, 1.807) is 6.07 Å². The van der Waals surface area contributed by atoms with Crippen molar-refractivity contribution >= 4 is 47.5 Å². The Balaban J connectivity index is 1.76. The fourth-order valence-electron chi connectivity index (χ4n) is 2.87. The summed E-state index contributed by atoms with van der Waals surface area (Å²) in [5.41, 5.74) is 0.775. The molecule has 0 amide bonds. The molecule has 0 aliphatic rings. The minimum Gasteiger partial charge on any atom is -0.497 e. The molecule has 4 rings (SSSR count). The van der Waals surface area contributed by atoms with Crippen molar-refractivity contribution < 1.29 is 17.9 Å². The molecular formula is C19H16N2O4S2. The predicted octanol–water partition coefficient (Wildman–Crippen LogP) is 4.27. The van der Waals surface area contributed by atoms with Gasteiger partial charge in [0.25, 0.3) is 10.0 Å². The standard InChI is InChI=1S/C19H16N2O4S2/c1-24-13-8-10-17(15(11-13)25-2)27(22,23)21-19-20-18-14-6-4-3-5-12(14)7-9-16(18)26-19/h3-11H,1-2H3,(H,20,21). The lowest BCUT2D eigenvalue weighted by molar-refractivity contribution is 0.386. The summed E-state index contributed by atoms with van der Waals surface area (Å²) in [5.74, 6) is 0.714. The number of hydrogen-bond acceptors (Lipinski definition) is 6. The van der Waals surface area contributed by atoms with Gasteiger partial charge in [0.15, 0.2) is 5.13 Å². The Morgan fingerprint density at radius 3 is 2.59 bits per heavy atom. The van der Waals surface area contributed by atoms with E-state index >= 15 is 0 Å². The van der Waals surface area contributed by atoms with Gasteiger partial charge in [-0.2, -0.15) is 0 Å². The van der Waals surface area contributed by atoms with Crippen LogP contribution in [-0.4, -0.2) is 27.6 Å². The minimum atomic E-state index is -3.86. The molecule has 1 aromatic heterocycles. The molecule has 0 saturated carbocycles. The summed E-state index contributed by atoms with van der Waals surface area (Å²) < 4.78 is 39.5. The summed E-state index contributed by atoms with van der Waals surface area (Å²) in [6, 6.07) is 16.4. The Labute approximate surface area is 160 Å². The lowest BCUT2D eigenvalue weighted by Crippen LogP contribution is -2.14. The van der Waals surface area contributed by atoms with E-state index in [4.69, 9.17) is 9.47 Å². The number of sulfonamides is 1. The minimum absolute atomic E-state index is 0.0231. The van der Waals surface area contributed by atoms with Gasteiger partial charge in [0.05, 0.1) is 24.4 Å². The number of aromatic nitrogens is 1. The van der Waals surface area contributed by atoms with Crippen molar-refractivity contribution in [3.05, 3.63) is 54.6 Å². The van der Waals surface area contributed by atoms with Gasteiger partial charge in [0.1, 0.15) is 16.4 Å². The Morgan fingerprint density at radius 1 is 1.00 bits per heavy atom. The predicted molar refractivity (Wildman–Crippen MR) is 107 cm³/mol. The maximum absolute atomic E-state index is 12.9. The Morgan fingerprint density at radius 2 is 1.81 bits per heavy atom. The third-order valence-electron chi connectivity index (χ3n) is 4.17. The van der Waals surface area contributed by atoms with Crippen LogP contribution in [0.1, 0.15) is 0 Å². The Kier molecular flexibility index (Phi) is 4.37. The molecule has 0 spiro atoms. The van der Waals surface area contributed by atoms with E-state index in [-0.39, 0.29) is 10.6 Å². The number of nitrogens with zero attached hydrogens (tertiary/aromatic N) is 1. The summed E-state index contributed by atoms with van der Waals surface area (Å²) in [6.45, 7) is 0. The number of thiazole rings is 1. The topological polar surface area (TPSA) is 77.5 Å². The summed E-state index contributed by atoms with van der Waals surface area (Å²) in [7, 11) is -0.944. The highest BCUT2D eigenvalue weighted by Crippen LogP contribution is 2.34. The maximum atomic E-state index is 12.9. The quantitative estimate of drug-likeness (QED) is 0.541. The second-order valence-corrected chi connectivity index (χ2v) is 8.46. The average Bonchev–Trinajstić information content (AvgIpc) is 3.09. The van der Waals surface area contributed by atoms with Gasteiger partial charge in [-0.1, -0.05) is 41.7 Å². The van der Waals surface area contributed by atoms with Crippen molar-refractivity contribution in [2.75, 3.05) is 18.9 Å². The van der Waals surface area contributed by atoms with Crippen molar-refractivity contribution in [2.24, 2.45) is 0 Å². The monoisotopic (exact) mass is 400 g/mol. The van der Waals surface area contributed by atoms with Crippen LogP contribution in [-0.2, 0) is 10.0 Å². The molecule has 0 aliphatic carbocycles. The van der Waals surface area contributed by atoms with Crippen molar-refractivity contribution in [2.45, 2.75) is 4.90 Å². The van der Waals surface area contributed by atoms with Gasteiger partial charge in [-0.05, 0) is 23.6 Å². The highest BCUT2D eigenvalue weighted by Gasteiger charge is 2.22. The highest BCUT2D eigenvalue weighted by molar-refractivity contribution is 7.93. The number of hydrogen-bond donors (Lipinski definition) is 1. The number of nitrogens with one attached hydrogen (secondary N) is 1. The van der Waals surface area contributed by atoms with Gasteiger partial charge in [0.2, 0.25) is 0 Å². The second-order valence-electron chi connectivity index (χ2n) is 5.77. The van der Waals surface area contributed by atoms with Gasteiger partial charge in [-0.3, -0.25) is 4.72 Å². The first-order valence-electron chi connectivity index (χ1n) is 8.05. The van der Waals surface area contributed by atoms with E-state index in [0.717, 1.165) is 21.0 Å². The van der Waals surface area contributed by atoms with Gasteiger partial charge in [0, 0.05) is 11.5 Å². The fraction of sp³-hybridized carbons (Fsp3) is 0.105. The molecule has 0 bridgehead atoms. The third kappa shape index (κ3) is 3.17. The molecule has 3 aromatic carbocycles. The van der Waals surface area contributed by atoms with Gasteiger partial charge in [-0.25, -0.2) is 13.4 Å². The van der Waals surface area contributed by atoms with E-state index in [2.05, 4.69) is 9.71 Å². The highest BCUT2D eigenvalue weighted by atomic mass is 32.2. The van der Waals surface area contributed by atoms with E-state index in [1.165, 1.54) is 37.7 Å². The molecule has 0 atom stereocenters. The Hall–Kier alpha value is -2.84. The molecule has 0 fully saturated rings. The van der Waals surface area contributed by atoms with E-state index in [1.807, 2.05) is 36.4 Å². The zero-order valence-electron chi connectivity index (χ0n) is 14.6. The largest absolute Gasteiger partial charge is 0.497 e. The molecule has 6 nitrogen and oxygen atoms in total. The zero-order chi connectivity index (χ0) is 19.0. The fourth-order valence-corrected chi connectivity index (χ4v) is 5.14. The lowest BCUT2D eigenvalue weighted by Gasteiger charge is -2.11. The number of anilines is 1. The van der Waals surface area contributed by atoms with Gasteiger partial charge in [-0.15, -0.1) is 0 Å². The third-order valence-corrected chi connectivity index (χ3v) is 6.61. The number of rotatable bonds is 5. The van der Waals surface area contributed by atoms with Crippen LogP contribution in [0.5, 0.6) is 11.5 Å². The van der Waals surface area contributed by atoms with Gasteiger partial charge >= 0.3 is 0 Å². The van der Waals surface area contributed by atoms with Crippen LogP contribution >= 0.6 is 11.3 Å². The maximum Gasteiger partial charge on any atom is 0.267 e. The first-order valence-corrected chi connectivity index (χ1v) is 10.3. The number of benzene rings is 3. The summed E-state index contributed by atoms with van der Waals surface area (Å²) in [5, 5.41) is 2.35. The number of methoxy groups -OCH3 is 2. The normalized spacial score (nSPS) is 11.6. The van der Waals surface area contributed by atoms with Crippen LogP contribution in [0.4, 0.5) is 5.13 Å². The molecule has 4 aromatic rings. The van der Waals surface area contributed by atoms with Gasteiger partial charge < -0.3 is 9.47 Å². The number of ether oxygens (including phenoxy) is 2. The van der Waals surface area contributed by atoms with Crippen LogP contribution in [0.3, 0.4) is 0 Å². The number of fused-ring (bicyclic) bond motifs is 3. The average molecular weight is 400 g/mol. The molecular weight excluding hydrogens is 384 g/mol. The first-order chi connectivity index (χ1) is 13.0. The smallest absolute Gasteiger partial charge is 0.267 e. The van der Waals surface area contributed by atoms with Crippen molar-refractivity contribution in [1.29, 1.82) is 0 Å². The van der Waals surface area contributed by atoms with Crippen LogP contribution in [0, 0.1) is 0 Å². The summed E-state index contributed by atoms with van der Waals surface area (Å²) >= 11 is 1.29. The van der Waals surface area contributed by atoms with E-state index in [9.17, 15) is 8.42 Å². The molecule has 0 saturated heterocycles. The lowest BCUT2D eigenvalue weighted by atomic mass is 10.1. The molecule has 8 heteroatoms. The van der Waals surface area contributed by atoms with E-state index < -0.39 is 10.0 Å². The molecule has 0 unspecified atom stereocenters. The SMILES string of the molecule is COc1ccc(S(=O)(=O)Nc2nc3c(ccc4ccccc43)s2)c(OC)c1. The van der Waals surface area contributed by atoms with Crippen LogP contribution in [0.2, 0.25) is 0 Å². The molecule has 1 heterocycles. The van der Waals surface area contributed by atoms with Crippen LogP contribution in [0.15, 0.2) is 59.5 Å². The molecule has 27 heavy (non-hydrogen) atoms. The molecule has 0 aliphatic heterocycles. The second kappa shape index (κ2) is 6.71. The van der Waals surface area contributed by atoms with Crippen molar-refractivity contribution in [1.82, 2.24) is 4.98 Å². The first kappa shape index (κ1) is 17.6. The molecule has 0 radical (unpaired) electrons. The zero-order valence-corrected chi connectivity index (χ0v) is 16.2. The van der Waals surface area contributed by atoms with Crippen LogP contribution in [0.25, 0.3) is 21.0 Å². The molecule has 1 N–H and O–H groups in total. The Bertz CT molecular complexity index is 1250. The van der Waals surface area contributed by atoms with Crippen molar-refractivity contribution in [3.8, 4) is 11.5 Å². The summed E-state index contributed by atoms with van der Waals surface area (Å²) in [4.78, 5) is 4.53. The van der Waals surface area contributed by atoms with E-state index in [0.29, 0.717) is 10.9 Å². The van der Waals surface area contributed by atoms with Crippen LogP contribution < -0.4 is 14.2 Å².